The van der Waals surface area contributed by atoms with Crippen LogP contribution in [-0.2, 0) is 9.47 Å². The Balaban J connectivity index is 1.61. The van der Waals surface area contributed by atoms with Crippen LogP contribution in [0, 0.1) is 13.8 Å². The summed E-state index contributed by atoms with van der Waals surface area (Å²) in [6, 6.07) is 15.4. The van der Waals surface area contributed by atoms with E-state index in [-0.39, 0.29) is 11.5 Å². The van der Waals surface area contributed by atoms with Gasteiger partial charge in [-0.2, -0.15) is 0 Å². The topological polar surface area (TPSA) is 73.6 Å². The summed E-state index contributed by atoms with van der Waals surface area (Å²) in [5.74, 6) is 0.539. The second-order valence-electron chi connectivity index (χ2n) is 8.19. The van der Waals surface area contributed by atoms with Crippen molar-refractivity contribution in [2.45, 2.75) is 33.1 Å². The van der Waals surface area contributed by atoms with Gasteiger partial charge in [-0.25, -0.2) is 0 Å². The molecule has 6 heteroatoms. The Labute approximate surface area is 191 Å². The molecule has 1 aliphatic rings. The van der Waals surface area contributed by atoms with E-state index in [1.165, 1.54) is 12.5 Å². The molecule has 5 rings (SSSR count). The summed E-state index contributed by atoms with van der Waals surface area (Å²) < 4.78 is 17.5. The lowest BCUT2D eigenvalue weighted by Crippen LogP contribution is -2.14. The van der Waals surface area contributed by atoms with E-state index in [0.29, 0.717) is 22.3 Å². The van der Waals surface area contributed by atoms with Gasteiger partial charge in [-0.1, -0.05) is 18.2 Å². The zero-order valence-corrected chi connectivity index (χ0v) is 18.7. The maximum atomic E-state index is 13.3. The third kappa shape index (κ3) is 3.84. The summed E-state index contributed by atoms with van der Waals surface area (Å²) in [6.45, 7) is 5.83. The average molecular weight is 440 g/mol. The average Bonchev–Trinajstić information content (AvgIpc) is 3.37. The molecule has 0 spiro atoms. The van der Waals surface area contributed by atoms with Gasteiger partial charge in [0, 0.05) is 34.8 Å². The van der Waals surface area contributed by atoms with Crippen LogP contribution < -0.4 is 10.7 Å². The first-order valence-electron chi connectivity index (χ1n) is 10.8. The Kier molecular flexibility index (Phi) is 5.34. The predicted molar refractivity (Wildman–Crippen MR) is 128 cm³/mol. The lowest BCUT2D eigenvalue weighted by molar-refractivity contribution is -0.0240. The molecule has 2 aromatic carbocycles. The molecule has 0 unspecified atom stereocenters. The minimum absolute atomic E-state index is 0.0357. The van der Waals surface area contributed by atoms with Gasteiger partial charge >= 0.3 is 0 Å². The zero-order valence-electron chi connectivity index (χ0n) is 18.7. The van der Waals surface area contributed by atoms with E-state index in [1.807, 2.05) is 56.3 Å². The highest BCUT2D eigenvalue weighted by Gasteiger charge is 2.22. The monoisotopic (exact) mass is 440 g/mol. The second kappa shape index (κ2) is 8.47. The van der Waals surface area contributed by atoms with Crippen molar-refractivity contribution in [2.24, 2.45) is 0 Å². The van der Waals surface area contributed by atoms with Crippen LogP contribution in [0.5, 0.6) is 0 Å². The maximum Gasteiger partial charge on any atom is 0.268 e. The summed E-state index contributed by atoms with van der Waals surface area (Å²) in [5.41, 5.74) is 5.54. The van der Waals surface area contributed by atoms with Crippen molar-refractivity contribution in [1.29, 1.82) is 0 Å². The molecular formula is C27H24N2O4. The number of anilines is 1. The van der Waals surface area contributed by atoms with Gasteiger partial charge in [-0.05, 0) is 56.7 Å². The van der Waals surface area contributed by atoms with Crippen LogP contribution in [-0.4, -0.2) is 4.98 Å². The highest BCUT2D eigenvalue weighted by Crippen LogP contribution is 2.35. The molecule has 1 atom stereocenters. The van der Waals surface area contributed by atoms with Gasteiger partial charge in [0.2, 0.25) is 0 Å². The normalized spacial score (nSPS) is 14.2. The molecule has 33 heavy (non-hydrogen) atoms. The van der Waals surface area contributed by atoms with Gasteiger partial charge in [-0.3, -0.25) is 9.78 Å². The van der Waals surface area contributed by atoms with E-state index in [2.05, 4.69) is 16.4 Å². The quantitative estimate of drug-likeness (QED) is 0.401. The second-order valence-corrected chi connectivity index (χ2v) is 8.19. The van der Waals surface area contributed by atoms with Gasteiger partial charge in [0.1, 0.15) is 23.9 Å². The van der Waals surface area contributed by atoms with E-state index in [0.717, 1.165) is 27.9 Å². The van der Waals surface area contributed by atoms with Gasteiger partial charge in [0.15, 0.2) is 5.43 Å². The van der Waals surface area contributed by atoms with Crippen LogP contribution in [0.4, 0.5) is 5.69 Å². The molecule has 0 saturated heterocycles. The minimum atomic E-state index is -0.493. The fourth-order valence-electron chi connectivity index (χ4n) is 4.19. The first kappa shape index (κ1) is 20.8. The van der Waals surface area contributed by atoms with Gasteiger partial charge in [-0.15, -0.1) is 0 Å². The van der Waals surface area contributed by atoms with Crippen molar-refractivity contribution in [1.82, 2.24) is 4.98 Å². The van der Waals surface area contributed by atoms with Gasteiger partial charge in [0.05, 0.1) is 17.0 Å². The molecule has 0 fully saturated rings. The highest BCUT2D eigenvalue weighted by atomic mass is 16.7. The van der Waals surface area contributed by atoms with Crippen LogP contribution >= 0.6 is 0 Å². The molecule has 1 N–H and O–H groups in total. The lowest BCUT2D eigenvalue weighted by Gasteiger charge is -2.22. The van der Waals surface area contributed by atoms with Crippen molar-refractivity contribution >= 4 is 16.7 Å². The molecule has 0 radical (unpaired) electrons. The van der Waals surface area contributed by atoms with Crippen LogP contribution in [0.25, 0.3) is 22.3 Å². The van der Waals surface area contributed by atoms with Gasteiger partial charge in [0.25, 0.3) is 6.29 Å². The summed E-state index contributed by atoms with van der Waals surface area (Å²) in [6.07, 6.45) is 5.99. The van der Waals surface area contributed by atoms with E-state index in [9.17, 15) is 4.79 Å². The van der Waals surface area contributed by atoms with Gasteiger partial charge < -0.3 is 19.2 Å². The largest absolute Gasteiger partial charge is 0.455 e. The summed E-state index contributed by atoms with van der Waals surface area (Å²) >= 11 is 0. The molecule has 3 heterocycles. The lowest BCUT2D eigenvalue weighted by atomic mass is 9.98. The highest BCUT2D eigenvalue weighted by molar-refractivity contribution is 5.84. The number of benzene rings is 2. The Morgan fingerprint density at radius 3 is 2.58 bits per heavy atom. The van der Waals surface area contributed by atoms with Crippen molar-refractivity contribution in [3.05, 3.63) is 106 Å². The number of rotatable bonds is 5. The number of aromatic nitrogens is 1. The first-order valence-corrected chi connectivity index (χ1v) is 10.8. The maximum absolute atomic E-state index is 13.3. The first-order chi connectivity index (χ1) is 16.0. The minimum Gasteiger partial charge on any atom is -0.455 e. The number of aryl methyl sites for hydroxylation is 1. The molecule has 0 bridgehead atoms. The summed E-state index contributed by atoms with van der Waals surface area (Å²) in [4.78, 5) is 17.5. The molecule has 1 aliphatic heterocycles. The van der Waals surface area contributed by atoms with Crippen molar-refractivity contribution in [3.63, 3.8) is 0 Å². The fourth-order valence-corrected chi connectivity index (χ4v) is 4.19. The molecular weight excluding hydrogens is 416 g/mol. The number of ether oxygens (including phenoxy) is 2. The summed E-state index contributed by atoms with van der Waals surface area (Å²) in [5, 5.41) is 4.13. The predicted octanol–water partition coefficient (Wildman–Crippen LogP) is 6.16. The van der Waals surface area contributed by atoms with Crippen LogP contribution in [0.15, 0.2) is 82.7 Å². The molecule has 2 aromatic heterocycles. The van der Waals surface area contributed by atoms with Crippen LogP contribution in [0.2, 0.25) is 0 Å². The van der Waals surface area contributed by atoms with Crippen LogP contribution in [0.3, 0.4) is 0 Å². The third-order valence-electron chi connectivity index (χ3n) is 5.83. The standard InChI is InChI=1S/C27H24N2O4/c1-16-13-21(18(3)29-23-9-5-4-8-20(23)27-31-11-12-32-27)26-22(14-16)24(30)17(2)25(33-26)19-7-6-10-28-15-19/h4-15,18,27,29H,1-3H3/t18-/m1/s1. The number of nitrogens with one attached hydrogen (secondary N) is 1. The van der Waals surface area contributed by atoms with Crippen molar-refractivity contribution in [3.8, 4) is 11.3 Å². The fraction of sp³-hybridized carbons (Fsp3) is 0.185. The molecule has 6 nitrogen and oxygen atoms in total. The number of nitrogens with zero attached hydrogens (tertiary/aromatic N) is 1. The third-order valence-corrected chi connectivity index (χ3v) is 5.83. The van der Waals surface area contributed by atoms with E-state index in [4.69, 9.17) is 13.9 Å². The number of pyridine rings is 1. The number of fused-ring (bicyclic) bond motifs is 1. The Morgan fingerprint density at radius 1 is 1.03 bits per heavy atom. The molecule has 166 valence electrons. The Hall–Kier alpha value is -4.06. The molecule has 0 aliphatic carbocycles. The zero-order chi connectivity index (χ0) is 22.9. The van der Waals surface area contributed by atoms with Crippen molar-refractivity contribution < 1.29 is 13.9 Å². The molecule has 0 saturated carbocycles. The van der Waals surface area contributed by atoms with Crippen molar-refractivity contribution in [2.75, 3.05) is 5.32 Å². The van der Waals surface area contributed by atoms with E-state index in [1.54, 1.807) is 19.3 Å². The Morgan fingerprint density at radius 2 is 1.82 bits per heavy atom. The molecule has 4 aromatic rings. The number of para-hydroxylation sites is 1. The van der Waals surface area contributed by atoms with E-state index >= 15 is 0 Å². The van der Waals surface area contributed by atoms with E-state index < -0.39 is 6.29 Å². The smallest absolute Gasteiger partial charge is 0.268 e. The number of hydrogen-bond acceptors (Lipinski definition) is 6. The van der Waals surface area contributed by atoms with Crippen LogP contribution in [0.1, 0.15) is 41.5 Å². The molecule has 0 amide bonds. The SMILES string of the molecule is Cc1cc([C@@H](C)Nc2ccccc2C2OC=CO2)c2oc(-c3cccnc3)c(C)c(=O)c2c1. The Bertz CT molecular complexity index is 1400. The number of hydrogen-bond donors (Lipinski definition) is 1. The summed E-state index contributed by atoms with van der Waals surface area (Å²) in [7, 11) is 0.